The summed E-state index contributed by atoms with van der Waals surface area (Å²) in [5.74, 6) is -6.48. The van der Waals surface area contributed by atoms with E-state index < -0.39 is 35.7 Å². The molecule has 0 unspecified atom stereocenters. The van der Waals surface area contributed by atoms with Crippen molar-refractivity contribution in [1.82, 2.24) is 76.1 Å². The molecule has 12 heterocycles. The van der Waals surface area contributed by atoms with Gasteiger partial charge in [0.25, 0.3) is 23.7 Å². The minimum Gasteiger partial charge on any atom is -0.469 e. The first-order valence-corrected chi connectivity index (χ1v) is 40.4. The van der Waals surface area contributed by atoms with Gasteiger partial charge in [-0.1, -0.05) is 136 Å². The number of pyridine rings is 3. The molecule has 3 amide bonds. The molecule has 0 bridgehead atoms. The molecule has 9 aromatic heterocycles. The van der Waals surface area contributed by atoms with Gasteiger partial charge in [0.05, 0.1) is 82.7 Å². The van der Waals surface area contributed by atoms with Crippen LogP contribution in [0, 0.1) is 0 Å². The molecule has 3 saturated carbocycles. The average Bonchev–Trinajstić information content (AvgIpc) is 1.69. The van der Waals surface area contributed by atoms with Crippen molar-refractivity contribution in [3.8, 4) is 0 Å². The number of aromatic nitrogens is 15. The Labute approximate surface area is 655 Å². The Kier molecular flexibility index (Phi) is 25.2. The number of nitrogens with two attached hydrogens (primary N) is 3. The van der Waals surface area contributed by atoms with Crippen molar-refractivity contribution >= 4 is 140 Å². The summed E-state index contributed by atoms with van der Waals surface area (Å²) >= 11 is 8.43. The van der Waals surface area contributed by atoms with Crippen molar-refractivity contribution in [1.29, 1.82) is 0 Å². The number of nitrogen functional groups attached to an aromatic ring is 3. The molecule has 0 spiro atoms. The van der Waals surface area contributed by atoms with E-state index in [1.54, 1.807) is 78.9 Å². The molecule has 1 aromatic carbocycles. The monoisotopic (exact) mass is 1640 g/mol. The Morgan fingerprint density at radius 1 is 0.432 bits per heavy atom. The Morgan fingerprint density at radius 2 is 0.739 bits per heavy atom. The van der Waals surface area contributed by atoms with Crippen molar-refractivity contribution in [3.05, 3.63) is 138 Å². The number of carbonyl (C=O) groups is 4. The van der Waals surface area contributed by atoms with Crippen LogP contribution >= 0.6 is 68.0 Å². The van der Waals surface area contributed by atoms with E-state index in [9.17, 15) is 50.6 Å². The second kappa shape index (κ2) is 35.3. The van der Waals surface area contributed by atoms with Crippen molar-refractivity contribution in [2.75, 3.05) is 94.2 Å². The van der Waals surface area contributed by atoms with E-state index in [-0.39, 0.29) is 88.1 Å². The molecule has 6 fully saturated rings. The van der Waals surface area contributed by atoms with Crippen LogP contribution in [0.1, 0.15) is 171 Å². The van der Waals surface area contributed by atoms with Crippen LogP contribution in [-0.2, 0) is 43.2 Å². The lowest BCUT2D eigenvalue weighted by Gasteiger charge is -2.39. The van der Waals surface area contributed by atoms with Gasteiger partial charge in [0.15, 0.2) is 6.10 Å². The van der Waals surface area contributed by atoms with Crippen LogP contribution in [0.4, 0.5) is 74.6 Å². The topological polar surface area (TPSA) is 415 Å². The molecule has 3 aliphatic heterocycles. The van der Waals surface area contributed by atoms with Crippen LogP contribution in [0.5, 0.6) is 0 Å². The average molecular weight is 1640 g/mol. The number of amides is 3. The molecule has 10 N–H and O–H groups in total. The van der Waals surface area contributed by atoms with Gasteiger partial charge in [-0.2, -0.15) is 0 Å². The number of aliphatic hydroxyl groups is 1. The number of hydrogen-bond donors (Lipinski definition) is 7. The normalized spacial score (nSPS) is 21.0. The van der Waals surface area contributed by atoms with Gasteiger partial charge in [0, 0.05) is 35.5 Å². The SMILES string of the molecule is COC(=O)Cc1cccc(N2CC(F)(F)C2)n1.Nc1nnc([C@H]2CCC[C@H](c3nnc(N)s3)C2)s1.Nc1nnc([C@H]2CCC[C@H](c3nnc(NC(=O)Cc4cccc(N5CC(F)(F)C5)n4)s3)C2)s1.O=C(Cc1cccc(N2CC(F)(F)C2)n1)Nc1nnc([C@H]2CCC[C@H](c3nnc(NC(=O)[C@H](O)c4ccccc4)s3)C2)s1. The summed E-state index contributed by atoms with van der Waals surface area (Å²) in [6, 6.07) is 23.8. The quantitative estimate of drug-likeness (QED) is 0.0275. The third-order valence-electron chi connectivity index (χ3n) is 19.0. The van der Waals surface area contributed by atoms with Gasteiger partial charge in [0.2, 0.25) is 42.6 Å². The molecule has 111 heavy (non-hydrogen) atoms. The number of esters is 1. The molecular formula is C69H76F6N24O6S6. The summed E-state index contributed by atoms with van der Waals surface area (Å²) in [5, 5.41) is 76.5. The summed E-state index contributed by atoms with van der Waals surface area (Å²) in [6.07, 6.45) is 10.9. The predicted octanol–water partition coefficient (Wildman–Crippen LogP) is 11.2. The zero-order valence-electron chi connectivity index (χ0n) is 59.5. The highest BCUT2D eigenvalue weighted by Gasteiger charge is 2.47. The molecular weight excluding hydrogens is 1570 g/mol. The van der Waals surface area contributed by atoms with E-state index in [4.69, 9.17) is 17.2 Å². The molecule has 3 aliphatic carbocycles. The zero-order valence-corrected chi connectivity index (χ0v) is 64.4. The van der Waals surface area contributed by atoms with Gasteiger partial charge >= 0.3 is 5.97 Å². The summed E-state index contributed by atoms with van der Waals surface area (Å²) in [6.45, 7) is -2.08. The molecule has 586 valence electrons. The minimum atomic E-state index is -2.70. The molecule has 30 nitrogen and oxygen atoms in total. The van der Waals surface area contributed by atoms with E-state index in [1.807, 2.05) is 6.07 Å². The molecule has 16 rings (SSSR count). The van der Waals surface area contributed by atoms with Crippen LogP contribution in [0.2, 0.25) is 0 Å². The number of anilines is 9. The van der Waals surface area contributed by atoms with Crippen LogP contribution in [0.15, 0.2) is 84.9 Å². The van der Waals surface area contributed by atoms with Crippen LogP contribution in [0.25, 0.3) is 0 Å². The number of methoxy groups -OCH3 is 1. The number of halogens is 6. The third-order valence-corrected chi connectivity index (χ3v) is 24.8. The summed E-state index contributed by atoms with van der Waals surface area (Å²) in [4.78, 5) is 66.0. The molecule has 10 aromatic rings. The Morgan fingerprint density at radius 3 is 1.05 bits per heavy atom. The highest BCUT2D eigenvalue weighted by molar-refractivity contribution is 7.17. The maximum Gasteiger partial charge on any atom is 0.311 e. The highest BCUT2D eigenvalue weighted by Crippen LogP contribution is 2.47. The van der Waals surface area contributed by atoms with Crippen LogP contribution in [0.3, 0.4) is 0 Å². The van der Waals surface area contributed by atoms with Gasteiger partial charge < -0.3 is 52.4 Å². The molecule has 7 atom stereocenters. The van der Waals surface area contributed by atoms with E-state index in [1.165, 1.54) is 96.3 Å². The Balaban J connectivity index is 0.000000139. The van der Waals surface area contributed by atoms with Gasteiger partial charge in [0.1, 0.15) is 47.5 Å². The maximum absolute atomic E-state index is 13.2. The second-order valence-corrected chi connectivity index (χ2v) is 33.7. The first kappa shape index (κ1) is 79.3. The van der Waals surface area contributed by atoms with Crippen molar-refractivity contribution in [2.45, 2.75) is 156 Å². The smallest absolute Gasteiger partial charge is 0.311 e. The first-order chi connectivity index (χ1) is 53.3. The van der Waals surface area contributed by atoms with Crippen molar-refractivity contribution < 1.29 is 55.4 Å². The van der Waals surface area contributed by atoms with E-state index in [2.05, 4.69) is 96.8 Å². The van der Waals surface area contributed by atoms with Crippen LogP contribution in [-0.4, -0.2) is 169 Å². The summed E-state index contributed by atoms with van der Waals surface area (Å²) in [5.41, 5.74) is 19.0. The van der Waals surface area contributed by atoms with E-state index in [0.29, 0.717) is 88.6 Å². The molecule has 6 aliphatic rings. The van der Waals surface area contributed by atoms with Crippen molar-refractivity contribution in [2.24, 2.45) is 0 Å². The fourth-order valence-electron chi connectivity index (χ4n) is 13.6. The largest absolute Gasteiger partial charge is 0.469 e. The number of ether oxygens (including phenoxy) is 1. The molecule has 3 saturated heterocycles. The van der Waals surface area contributed by atoms with Gasteiger partial charge in [-0.15, -0.1) is 61.2 Å². The number of hydrogen-bond acceptors (Lipinski definition) is 33. The fourth-order valence-corrected chi connectivity index (χ4v) is 18.6. The van der Waals surface area contributed by atoms with Gasteiger partial charge in [-0.05, 0) is 99.7 Å². The summed E-state index contributed by atoms with van der Waals surface area (Å²) in [7, 11) is 1.29. The minimum absolute atomic E-state index is 0.0171. The lowest BCUT2D eigenvalue weighted by molar-refractivity contribution is -0.139. The summed E-state index contributed by atoms with van der Waals surface area (Å²) < 4.78 is 82.6. The Bertz CT molecular complexity index is 4770. The second-order valence-electron chi connectivity index (χ2n) is 27.6. The lowest BCUT2D eigenvalue weighted by Crippen LogP contribution is -2.56. The lowest BCUT2D eigenvalue weighted by atomic mass is 9.82. The third kappa shape index (κ3) is 21.5. The fraction of sp³-hybridized carbons (Fsp3) is 0.464. The number of carbonyl (C=O) groups excluding carboxylic acids is 4. The Hall–Kier alpha value is -9.75. The number of rotatable bonds is 20. The van der Waals surface area contributed by atoms with Crippen molar-refractivity contribution in [3.63, 3.8) is 0 Å². The first-order valence-electron chi connectivity index (χ1n) is 35.5. The zero-order chi connectivity index (χ0) is 78.0. The highest BCUT2D eigenvalue weighted by atomic mass is 32.1. The standard InChI is InChI=1S/C28H28F2N8O3S2.C20H22F2N8OS2.C11H12F2N2O2.C10H14N6S2/c29-28(30)14-38(15-28)20-11-5-10-19(31-20)13-21(39)32-26-36-34-24(42-26)17-8-4-9-18(12-17)25-35-37-27(43-25)33-23(41)22(40)16-6-2-1-3-7-16;21-20(22)9-30(10-20)14-6-2-5-13(24-14)8-15(31)25-19-29-27-17(33-19)12-4-1-3-11(7-12)16-26-28-18(23)32-16;1-17-10(16)5-8-3-2-4-9(14-8)15-6-11(12,13)7-15;11-9-15-13-7(17-9)5-2-1-3-6(4-5)8-14-16-10(12)18-8/h1-3,5-7,10-11,17-18,22,40H,4,8-9,12-15H2,(H,32,36,39)(H,33,37,41);2,5-6,11-12H,1,3-4,7-10H2,(H2,23,28)(H,25,29,31);2-4H,5-7H2,1H3;5-6H,1-4H2,(H2,11,15)(H2,12,16)/t17-,18-,22+;11-,12-;;5-,6-/m00.0/s1. The molecule has 42 heteroatoms. The number of aliphatic hydroxyl groups excluding tert-OH is 1. The van der Waals surface area contributed by atoms with E-state index in [0.717, 1.165) is 101 Å². The van der Waals surface area contributed by atoms with Crippen LogP contribution < -0.4 is 47.9 Å². The molecule has 0 radical (unpaired) electrons. The van der Waals surface area contributed by atoms with E-state index >= 15 is 0 Å². The number of nitrogens with one attached hydrogen (secondary N) is 3. The number of nitrogens with zero attached hydrogens (tertiary/aromatic N) is 18. The van der Waals surface area contributed by atoms with Gasteiger partial charge in [-0.25, -0.2) is 41.3 Å². The predicted molar refractivity (Wildman–Crippen MR) is 409 cm³/mol. The number of benzene rings is 1. The van der Waals surface area contributed by atoms with Gasteiger partial charge in [-0.3, -0.25) is 24.5 Å². The maximum atomic E-state index is 13.2. The number of alkyl halides is 6.